The molecule has 0 unspecified atom stereocenters. The van der Waals surface area contributed by atoms with Gasteiger partial charge in [0, 0.05) is 0 Å². The molecule has 0 aliphatic rings. The van der Waals surface area contributed by atoms with Gasteiger partial charge in [0.25, 0.3) is 0 Å². The van der Waals surface area contributed by atoms with Crippen LogP contribution in [0.25, 0.3) is 0 Å². The zero-order chi connectivity index (χ0) is 15.9. The maximum absolute atomic E-state index is 10.6. The van der Waals surface area contributed by atoms with E-state index in [0.29, 0.717) is 18.0 Å². The fraction of sp³-hybridized carbons (Fsp3) is 0.278. The lowest BCUT2D eigenvalue weighted by atomic mass is 10.1. The normalized spacial score (nSPS) is 9.95. The Morgan fingerprint density at radius 2 is 1.91 bits per heavy atom. The van der Waals surface area contributed by atoms with Crippen molar-refractivity contribution in [1.29, 1.82) is 0 Å². The van der Waals surface area contributed by atoms with Gasteiger partial charge in [-0.1, -0.05) is 23.8 Å². The van der Waals surface area contributed by atoms with Crippen LogP contribution in [0.15, 0.2) is 41.4 Å². The van der Waals surface area contributed by atoms with Crippen molar-refractivity contribution >= 4 is 11.8 Å². The van der Waals surface area contributed by atoms with Crippen LogP contribution in [-0.2, 0) is 11.4 Å². The molecule has 0 N–H and O–H groups in total. The van der Waals surface area contributed by atoms with E-state index in [-0.39, 0.29) is 6.61 Å². The smallest absolute Gasteiger partial charge is 0.240 e. The van der Waals surface area contributed by atoms with Gasteiger partial charge in [0.05, 0.1) is 17.9 Å². The van der Waals surface area contributed by atoms with E-state index in [1.54, 1.807) is 18.2 Å². The fourth-order valence-electron chi connectivity index (χ4n) is 2.25. The molecule has 0 saturated heterocycles. The molecule has 114 valence electrons. The number of aliphatic imine (C=N–C) groups is 1. The van der Waals surface area contributed by atoms with Crippen LogP contribution in [0.4, 0.5) is 5.69 Å². The second-order valence-corrected chi connectivity index (χ2v) is 4.95. The molecule has 0 saturated carbocycles. The standard InChI is InChI=1S/C18H19NO3/c1-4-21-18-7-5-6-16(19-12-20)15(18)11-22-17-9-8-13(2)10-14(17)3/h5-10H,4,11H2,1-3H3. The van der Waals surface area contributed by atoms with Gasteiger partial charge in [-0.15, -0.1) is 0 Å². The summed E-state index contributed by atoms with van der Waals surface area (Å²) in [4.78, 5) is 14.3. The largest absolute Gasteiger partial charge is 0.493 e. The van der Waals surface area contributed by atoms with Gasteiger partial charge in [0.15, 0.2) is 0 Å². The zero-order valence-electron chi connectivity index (χ0n) is 13.1. The van der Waals surface area contributed by atoms with Crippen molar-refractivity contribution in [2.45, 2.75) is 27.4 Å². The second-order valence-electron chi connectivity index (χ2n) is 4.95. The first-order valence-electron chi connectivity index (χ1n) is 7.18. The van der Waals surface area contributed by atoms with Crippen molar-refractivity contribution in [3.63, 3.8) is 0 Å². The van der Waals surface area contributed by atoms with Gasteiger partial charge >= 0.3 is 0 Å². The summed E-state index contributed by atoms with van der Waals surface area (Å²) >= 11 is 0. The van der Waals surface area contributed by atoms with Gasteiger partial charge in [0.2, 0.25) is 6.08 Å². The van der Waals surface area contributed by atoms with E-state index in [4.69, 9.17) is 9.47 Å². The summed E-state index contributed by atoms with van der Waals surface area (Å²) in [6.07, 6.45) is 1.57. The molecule has 22 heavy (non-hydrogen) atoms. The fourth-order valence-corrected chi connectivity index (χ4v) is 2.25. The number of hydrogen-bond acceptors (Lipinski definition) is 4. The van der Waals surface area contributed by atoms with Crippen molar-refractivity contribution in [2.24, 2.45) is 4.99 Å². The van der Waals surface area contributed by atoms with Crippen LogP contribution < -0.4 is 9.47 Å². The van der Waals surface area contributed by atoms with Crippen LogP contribution in [0.3, 0.4) is 0 Å². The molecule has 0 aliphatic heterocycles. The molecule has 0 fully saturated rings. The number of isocyanates is 1. The molecule has 0 aliphatic carbocycles. The third kappa shape index (κ3) is 3.74. The monoisotopic (exact) mass is 297 g/mol. The van der Waals surface area contributed by atoms with Crippen molar-refractivity contribution in [3.8, 4) is 11.5 Å². The zero-order valence-corrected chi connectivity index (χ0v) is 13.1. The topological polar surface area (TPSA) is 47.9 Å². The summed E-state index contributed by atoms with van der Waals surface area (Å²) in [7, 11) is 0. The quantitative estimate of drug-likeness (QED) is 0.591. The van der Waals surface area contributed by atoms with Crippen molar-refractivity contribution in [3.05, 3.63) is 53.1 Å². The number of hydrogen-bond donors (Lipinski definition) is 0. The van der Waals surface area contributed by atoms with E-state index in [0.717, 1.165) is 16.9 Å². The number of carbonyl (C=O) groups excluding carboxylic acids is 1. The Kier molecular flexibility index (Phi) is 5.34. The van der Waals surface area contributed by atoms with Crippen LogP contribution in [0.1, 0.15) is 23.6 Å². The molecular formula is C18H19NO3. The molecule has 4 nitrogen and oxygen atoms in total. The number of benzene rings is 2. The lowest BCUT2D eigenvalue weighted by Crippen LogP contribution is -2.02. The van der Waals surface area contributed by atoms with Crippen molar-refractivity contribution < 1.29 is 14.3 Å². The average Bonchev–Trinajstić information content (AvgIpc) is 2.49. The number of nitrogens with zero attached hydrogens (tertiary/aromatic N) is 1. The van der Waals surface area contributed by atoms with Crippen molar-refractivity contribution in [2.75, 3.05) is 6.61 Å². The van der Waals surface area contributed by atoms with E-state index in [2.05, 4.69) is 11.1 Å². The summed E-state index contributed by atoms with van der Waals surface area (Å²) in [6.45, 7) is 6.76. The predicted octanol–water partition coefficient (Wildman–Crippen LogP) is 4.25. The first kappa shape index (κ1) is 15.8. The maximum Gasteiger partial charge on any atom is 0.240 e. The molecule has 0 atom stereocenters. The maximum atomic E-state index is 10.6. The van der Waals surface area contributed by atoms with Gasteiger partial charge in [-0.25, -0.2) is 4.79 Å². The Hall–Kier alpha value is -2.58. The molecule has 0 bridgehead atoms. The summed E-state index contributed by atoms with van der Waals surface area (Å²) < 4.78 is 11.5. The summed E-state index contributed by atoms with van der Waals surface area (Å²) in [5.74, 6) is 1.47. The summed E-state index contributed by atoms with van der Waals surface area (Å²) in [6, 6.07) is 11.4. The van der Waals surface area contributed by atoms with E-state index in [1.165, 1.54) is 5.56 Å². The molecule has 0 aromatic heterocycles. The minimum Gasteiger partial charge on any atom is -0.493 e. The summed E-state index contributed by atoms with van der Waals surface area (Å²) in [5, 5.41) is 0. The Morgan fingerprint density at radius 3 is 2.59 bits per heavy atom. The molecule has 0 heterocycles. The first-order valence-corrected chi connectivity index (χ1v) is 7.18. The van der Waals surface area contributed by atoms with Crippen molar-refractivity contribution in [1.82, 2.24) is 0 Å². The Balaban J connectivity index is 2.29. The van der Waals surface area contributed by atoms with Gasteiger partial charge in [0.1, 0.15) is 18.1 Å². The van der Waals surface area contributed by atoms with Gasteiger partial charge in [-0.05, 0) is 44.5 Å². The van der Waals surface area contributed by atoms with Crippen LogP contribution in [0.2, 0.25) is 0 Å². The van der Waals surface area contributed by atoms with E-state index in [1.807, 2.05) is 39.0 Å². The first-order chi connectivity index (χ1) is 10.7. The highest BCUT2D eigenvalue weighted by molar-refractivity contribution is 5.58. The predicted molar refractivity (Wildman–Crippen MR) is 85.6 cm³/mol. The molecule has 0 radical (unpaired) electrons. The number of rotatable bonds is 6. The second kappa shape index (κ2) is 7.43. The molecule has 2 rings (SSSR count). The molecule has 2 aromatic rings. The molecule has 2 aromatic carbocycles. The third-order valence-corrected chi connectivity index (χ3v) is 3.28. The van der Waals surface area contributed by atoms with Gasteiger partial charge < -0.3 is 9.47 Å². The SMILES string of the molecule is CCOc1cccc(N=C=O)c1COc1ccc(C)cc1C. The minimum atomic E-state index is 0.278. The third-order valence-electron chi connectivity index (χ3n) is 3.28. The van der Waals surface area contributed by atoms with Gasteiger partial charge in [-0.2, -0.15) is 4.99 Å². The lowest BCUT2D eigenvalue weighted by Gasteiger charge is -2.14. The minimum absolute atomic E-state index is 0.278. The number of aryl methyl sites for hydroxylation is 2. The highest BCUT2D eigenvalue weighted by Gasteiger charge is 2.11. The van der Waals surface area contributed by atoms with Crippen LogP contribution in [0, 0.1) is 13.8 Å². The average molecular weight is 297 g/mol. The molecular weight excluding hydrogens is 278 g/mol. The Bertz CT molecular complexity index is 703. The van der Waals surface area contributed by atoms with Gasteiger partial charge in [-0.3, -0.25) is 0 Å². The molecule has 0 amide bonds. The van der Waals surface area contributed by atoms with E-state index < -0.39 is 0 Å². The highest BCUT2D eigenvalue weighted by atomic mass is 16.5. The number of ether oxygens (including phenoxy) is 2. The Labute approximate surface area is 130 Å². The van der Waals surface area contributed by atoms with Crippen LogP contribution in [0.5, 0.6) is 11.5 Å². The molecule has 4 heteroatoms. The summed E-state index contributed by atoms with van der Waals surface area (Å²) in [5.41, 5.74) is 3.51. The van der Waals surface area contributed by atoms with E-state index >= 15 is 0 Å². The van der Waals surface area contributed by atoms with Crippen LogP contribution in [-0.4, -0.2) is 12.7 Å². The van der Waals surface area contributed by atoms with Crippen LogP contribution >= 0.6 is 0 Å². The van der Waals surface area contributed by atoms with E-state index in [9.17, 15) is 4.79 Å². The molecule has 0 spiro atoms. The highest BCUT2D eigenvalue weighted by Crippen LogP contribution is 2.30. The Morgan fingerprint density at radius 1 is 1.09 bits per heavy atom. The lowest BCUT2D eigenvalue weighted by molar-refractivity contribution is 0.285.